The van der Waals surface area contributed by atoms with Crippen LogP contribution < -0.4 is 10.4 Å². The molecule has 6 rings (SSSR count). The normalized spacial score (nSPS) is 21.5. The second kappa shape index (κ2) is 13.1. The highest BCUT2D eigenvalue weighted by molar-refractivity contribution is 6.99. The SMILES string of the molecule is CC1C[C@H](c2cccc(Cl)c2)C(c2ccc(Cl)cc2)N(C(CO[Si](c2ccccc2)(c2ccccc2)C(C)(C)C)C2CC2)C1=O. The maximum atomic E-state index is 14.5. The van der Waals surface area contributed by atoms with E-state index >= 15 is 0 Å². The summed E-state index contributed by atoms with van der Waals surface area (Å²) in [7, 11) is -2.80. The fourth-order valence-corrected chi connectivity index (χ4v) is 12.5. The second-order valence-corrected chi connectivity index (χ2v) is 19.1. The van der Waals surface area contributed by atoms with Crippen molar-refractivity contribution in [3.8, 4) is 0 Å². The van der Waals surface area contributed by atoms with Crippen LogP contribution in [-0.2, 0) is 9.22 Å². The first-order valence-corrected chi connectivity index (χ1v) is 18.8. The Labute approximate surface area is 279 Å². The van der Waals surface area contributed by atoms with Crippen LogP contribution >= 0.6 is 23.2 Å². The number of halogens is 2. The molecular formula is C39H43Cl2NO2Si. The van der Waals surface area contributed by atoms with Crippen molar-refractivity contribution in [2.24, 2.45) is 11.8 Å². The number of benzene rings is 4. The van der Waals surface area contributed by atoms with Crippen LogP contribution in [0.1, 0.15) is 70.0 Å². The van der Waals surface area contributed by atoms with Crippen LogP contribution in [0.5, 0.6) is 0 Å². The van der Waals surface area contributed by atoms with E-state index in [0.717, 1.165) is 30.4 Å². The maximum absolute atomic E-state index is 14.5. The quantitative estimate of drug-likeness (QED) is 0.168. The van der Waals surface area contributed by atoms with Crippen molar-refractivity contribution in [1.29, 1.82) is 0 Å². The number of carbonyl (C=O) groups is 1. The van der Waals surface area contributed by atoms with Gasteiger partial charge in [-0.1, -0.05) is 136 Å². The van der Waals surface area contributed by atoms with Gasteiger partial charge >= 0.3 is 0 Å². The lowest BCUT2D eigenvalue weighted by molar-refractivity contribution is -0.147. The number of rotatable bonds is 9. The Morgan fingerprint density at radius 3 is 1.93 bits per heavy atom. The highest BCUT2D eigenvalue weighted by Gasteiger charge is 2.53. The van der Waals surface area contributed by atoms with Crippen molar-refractivity contribution in [2.75, 3.05) is 6.61 Å². The molecule has 1 saturated heterocycles. The summed E-state index contributed by atoms with van der Waals surface area (Å²) in [4.78, 5) is 16.7. The van der Waals surface area contributed by atoms with Gasteiger partial charge in [-0.2, -0.15) is 0 Å². The van der Waals surface area contributed by atoms with E-state index in [0.29, 0.717) is 22.6 Å². The molecule has 1 amide bonds. The summed E-state index contributed by atoms with van der Waals surface area (Å²) in [5.41, 5.74) is 2.26. The van der Waals surface area contributed by atoms with Crippen molar-refractivity contribution in [3.05, 3.63) is 130 Å². The molecule has 1 aliphatic carbocycles. The molecule has 45 heavy (non-hydrogen) atoms. The van der Waals surface area contributed by atoms with E-state index in [1.54, 1.807) is 0 Å². The minimum absolute atomic E-state index is 0.0516. The molecule has 0 spiro atoms. The zero-order valence-corrected chi connectivity index (χ0v) is 29.1. The van der Waals surface area contributed by atoms with Crippen molar-refractivity contribution in [2.45, 2.75) is 70.0 Å². The third kappa shape index (κ3) is 6.40. The summed E-state index contributed by atoms with van der Waals surface area (Å²) >= 11 is 12.9. The third-order valence-corrected chi connectivity index (χ3v) is 15.4. The lowest BCUT2D eigenvalue weighted by Gasteiger charge is -2.50. The summed E-state index contributed by atoms with van der Waals surface area (Å²) in [5.74, 6) is 0.571. The van der Waals surface area contributed by atoms with Crippen molar-refractivity contribution in [1.82, 2.24) is 4.90 Å². The fraction of sp³-hybridized carbons (Fsp3) is 0.359. The minimum Gasteiger partial charge on any atom is -0.405 e. The van der Waals surface area contributed by atoms with Crippen LogP contribution in [0.3, 0.4) is 0 Å². The summed E-state index contributed by atoms with van der Waals surface area (Å²) in [6, 6.07) is 37.6. The number of hydrogen-bond donors (Lipinski definition) is 0. The van der Waals surface area contributed by atoms with E-state index in [-0.39, 0.29) is 34.9 Å². The van der Waals surface area contributed by atoms with E-state index in [4.69, 9.17) is 27.6 Å². The summed E-state index contributed by atoms with van der Waals surface area (Å²) in [6.45, 7) is 9.50. The Kier molecular flexibility index (Phi) is 9.32. The molecule has 1 aliphatic heterocycles. The third-order valence-electron chi connectivity index (χ3n) is 9.86. The average Bonchev–Trinajstić information content (AvgIpc) is 3.87. The summed E-state index contributed by atoms with van der Waals surface area (Å²) in [6.07, 6.45) is 2.96. The van der Waals surface area contributed by atoms with Crippen molar-refractivity contribution in [3.63, 3.8) is 0 Å². The molecule has 2 fully saturated rings. The number of hydrogen-bond acceptors (Lipinski definition) is 2. The van der Waals surface area contributed by atoms with Gasteiger partial charge in [-0.3, -0.25) is 4.79 Å². The highest BCUT2D eigenvalue weighted by Crippen LogP contribution is 2.50. The smallest absolute Gasteiger partial charge is 0.261 e. The van der Waals surface area contributed by atoms with Crippen LogP contribution in [0.4, 0.5) is 0 Å². The van der Waals surface area contributed by atoms with E-state index in [1.807, 2.05) is 24.3 Å². The molecule has 3 unspecified atom stereocenters. The molecule has 234 valence electrons. The topological polar surface area (TPSA) is 29.5 Å². The Balaban J connectivity index is 1.46. The molecule has 0 N–H and O–H groups in total. The van der Waals surface area contributed by atoms with Gasteiger partial charge < -0.3 is 9.33 Å². The second-order valence-electron chi connectivity index (χ2n) is 13.9. The van der Waals surface area contributed by atoms with Crippen LogP contribution in [0, 0.1) is 11.8 Å². The Hall–Kier alpha value is -2.89. The Morgan fingerprint density at radius 2 is 1.40 bits per heavy atom. The lowest BCUT2D eigenvalue weighted by Crippen LogP contribution is -2.67. The number of likely N-dealkylation sites (tertiary alicyclic amines) is 1. The molecule has 4 atom stereocenters. The first-order valence-electron chi connectivity index (χ1n) is 16.2. The zero-order valence-electron chi connectivity index (χ0n) is 26.6. The molecule has 2 aliphatic rings. The van der Waals surface area contributed by atoms with E-state index in [2.05, 4.69) is 118 Å². The Morgan fingerprint density at radius 1 is 0.800 bits per heavy atom. The zero-order chi connectivity index (χ0) is 31.8. The standard InChI is InChI=1S/C39H43Cl2NO2Si/c1-27-24-35(30-12-11-13-32(41)25-30)37(29-20-22-31(40)23-21-29)42(38(27)43)36(28-18-19-28)26-44-45(39(2,3)4,33-14-7-5-8-15-33)34-16-9-6-10-17-34/h5-17,20-23,25,27-28,35-37H,18-19,24,26H2,1-4H3/t27?,35-,36?,37?/m1/s1. The molecule has 4 aromatic rings. The van der Waals surface area contributed by atoms with E-state index in [9.17, 15) is 4.79 Å². The van der Waals surface area contributed by atoms with Gasteiger partial charge in [-0.25, -0.2) is 0 Å². The predicted molar refractivity (Wildman–Crippen MR) is 189 cm³/mol. The number of nitrogens with zero attached hydrogens (tertiary/aromatic N) is 1. The highest BCUT2D eigenvalue weighted by atomic mass is 35.5. The van der Waals surface area contributed by atoms with Gasteiger partial charge in [0.2, 0.25) is 5.91 Å². The molecule has 0 aromatic heterocycles. The average molecular weight is 657 g/mol. The molecule has 0 bridgehead atoms. The van der Waals surface area contributed by atoms with Crippen LogP contribution in [0.25, 0.3) is 0 Å². The van der Waals surface area contributed by atoms with Crippen LogP contribution in [0.2, 0.25) is 15.1 Å². The molecule has 3 nitrogen and oxygen atoms in total. The number of piperidine rings is 1. The first kappa shape index (κ1) is 32.1. The van der Waals surface area contributed by atoms with Gasteiger partial charge in [0.05, 0.1) is 18.7 Å². The summed E-state index contributed by atoms with van der Waals surface area (Å²) < 4.78 is 7.53. The van der Waals surface area contributed by atoms with Crippen molar-refractivity contribution >= 4 is 47.8 Å². The number of carbonyl (C=O) groups excluding carboxylic acids is 1. The van der Waals surface area contributed by atoms with Gasteiger partial charge in [-0.15, -0.1) is 0 Å². The molecular weight excluding hydrogens is 613 g/mol. The van der Waals surface area contributed by atoms with Gasteiger partial charge in [0.1, 0.15) is 0 Å². The van der Waals surface area contributed by atoms with Gasteiger partial charge in [0, 0.05) is 21.9 Å². The van der Waals surface area contributed by atoms with Crippen molar-refractivity contribution < 1.29 is 9.22 Å². The predicted octanol–water partition coefficient (Wildman–Crippen LogP) is 9.04. The summed E-state index contributed by atoms with van der Waals surface area (Å²) in [5, 5.41) is 3.76. The Bertz CT molecular complexity index is 1560. The molecule has 6 heteroatoms. The van der Waals surface area contributed by atoms with E-state index in [1.165, 1.54) is 10.4 Å². The molecule has 1 saturated carbocycles. The lowest BCUT2D eigenvalue weighted by atomic mass is 9.75. The minimum atomic E-state index is -2.80. The molecule has 0 radical (unpaired) electrons. The molecule has 4 aromatic carbocycles. The molecule has 1 heterocycles. The fourth-order valence-electron chi connectivity index (χ4n) is 7.57. The van der Waals surface area contributed by atoms with Gasteiger partial charge in [-0.05, 0) is 76.0 Å². The maximum Gasteiger partial charge on any atom is 0.261 e. The number of amides is 1. The monoisotopic (exact) mass is 655 g/mol. The van der Waals surface area contributed by atoms with Gasteiger partial charge in [0.25, 0.3) is 8.32 Å². The van der Waals surface area contributed by atoms with Gasteiger partial charge in [0.15, 0.2) is 0 Å². The van der Waals surface area contributed by atoms with Crippen LogP contribution in [0.15, 0.2) is 109 Å². The van der Waals surface area contributed by atoms with Crippen LogP contribution in [-0.4, -0.2) is 31.8 Å². The first-order chi connectivity index (χ1) is 21.6. The van der Waals surface area contributed by atoms with E-state index < -0.39 is 8.32 Å². The largest absolute Gasteiger partial charge is 0.405 e.